The first kappa shape index (κ1) is 23.4. The fraction of sp³-hybridized carbons (Fsp3) is 0.462. The van der Waals surface area contributed by atoms with Crippen molar-refractivity contribution in [2.75, 3.05) is 6.61 Å². The fourth-order valence-electron chi connectivity index (χ4n) is 3.96. The summed E-state index contributed by atoms with van der Waals surface area (Å²) >= 11 is 0. The third-order valence-corrected chi connectivity index (χ3v) is 10.6. The molecule has 3 atom stereocenters. The summed E-state index contributed by atoms with van der Waals surface area (Å²) in [6, 6.07) is 21.3. The Morgan fingerprint density at radius 3 is 1.83 bits per heavy atom. The minimum Gasteiger partial charge on any atom is -0.407 e. The van der Waals surface area contributed by atoms with Crippen LogP contribution in [0.15, 0.2) is 60.7 Å². The summed E-state index contributed by atoms with van der Waals surface area (Å²) < 4.78 is 6.93. The Morgan fingerprint density at radius 1 is 0.931 bits per heavy atom. The summed E-state index contributed by atoms with van der Waals surface area (Å²) in [4.78, 5) is 0. The van der Waals surface area contributed by atoms with E-state index in [9.17, 15) is 5.11 Å². The Labute approximate surface area is 178 Å². The van der Waals surface area contributed by atoms with Crippen molar-refractivity contribution in [2.45, 2.75) is 59.1 Å². The van der Waals surface area contributed by atoms with E-state index in [-0.39, 0.29) is 16.9 Å². The van der Waals surface area contributed by atoms with E-state index in [0.29, 0.717) is 6.61 Å². The quantitative estimate of drug-likeness (QED) is 0.535. The molecule has 0 spiro atoms. The molecule has 0 fully saturated rings. The van der Waals surface area contributed by atoms with Crippen molar-refractivity contribution >= 4 is 18.7 Å². The summed E-state index contributed by atoms with van der Waals surface area (Å²) in [5.41, 5.74) is 0. The molecule has 0 amide bonds. The van der Waals surface area contributed by atoms with E-state index >= 15 is 0 Å². The van der Waals surface area contributed by atoms with Crippen molar-refractivity contribution in [1.82, 2.24) is 0 Å². The molecule has 0 saturated carbocycles. The van der Waals surface area contributed by atoms with Gasteiger partial charge in [0.2, 0.25) is 0 Å². The molecule has 1 N–H and O–H groups in total. The molecule has 2 aromatic carbocycles. The second kappa shape index (κ2) is 10.3. The number of hydrogen-bond donors (Lipinski definition) is 1. The molecule has 2 aromatic rings. The Bertz CT molecular complexity index is 760. The zero-order valence-electron chi connectivity index (χ0n) is 18.8. The molecule has 0 aliphatic rings. The first-order valence-electron chi connectivity index (χ1n) is 10.7. The first-order chi connectivity index (χ1) is 13.7. The Balaban J connectivity index is 2.41. The van der Waals surface area contributed by atoms with E-state index in [2.05, 4.69) is 100 Å². The maximum Gasteiger partial charge on any atom is 0.261 e. The van der Waals surface area contributed by atoms with E-state index in [0.717, 1.165) is 6.42 Å². The van der Waals surface area contributed by atoms with Crippen molar-refractivity contribution in [3.8, 4) is 11.8 Å². The first-order valence-corrected chi connectivity index (χ1v) is 12.6. The summed E-state index contributed by atoms with van der Waals surface area (Å²) in [7, 11) is -2.57. The van der Waals surface area contributed by atoms with Crippen molar-refractivity contribution in [3.05, 3.63) is 60.7 Å². The van der Waals surface area contributed by atoms with Crippen LogP contribution in [-0.2, 0) is 4.43 Å². The van der Waals surface area contributed by atoms with Crippen LogP contribution in [0.4, 0.5) is 0 Å². The molecule has 0 aromatic heterocycles. The molecule has 0 radical (unpaired) electrons. The van der Waals surface area contributed by atoms with Crippen molar-refractivity contribution < 1.29 is 9.53 Å². The number of aliphatic hydroxyl groups excluding tert-OH is 1. The van der Waals surface area contributed by atoms with E-state index in [4.69, 9.17) is 4.43 Å². The van der Waals surface area contributed by atoms with Gasteiger partial charge in [0.05, 0.1) is 6.10 Å². The van der Waals surface area contributed by atoms with Gasteiger partial charge >= 0.3 is 0 Å². The average molecular weight is 409 g/mol. The highest BCUT2D eigenvalue weighted by Crippen LogP contribution is 2.37. The van der Waals surface area contributed by atoms with Crippen LogP contribution in [-0.4, -0.2) is 26.1 Å². The van der Waals surface area contributed by atoms with E-state index in [1.807, 2.05) is 13.8 Å². The van der Waals surface area contributed by atoms with Crippen LogP contribution in [0.2, 0.25) is 5.04 Å². The predicted molar refractivity (Wildman–Crippen MR) is 126 cm³/mol. The molecule has 0 aliphatic heterocycles. The minimum absolute atomic E-state index is 0.00203. The summed E-state index contributed by atoms with van der Waals surface area (Å²) in [6.45, 7) is 13.4. The van der Waals surface area contributed by atoms with Gasteiger partial charge in [-0.2, -0.15) is 0 Å². The molecule has 156 valence electrons. The van der Waals surface area contributed by atoms with E-state index < -0.39 is 14.4 Å². The topological polar surface area (TPSA) is 29.5 Å². The number of aliphatic hydroxyl groups is 1. The highest BCUT2D eigenvalue weighted by molar-refractivity contribution is 6.99. The van der Waals surface area contributed by atoms with Crippen LogP contribution >= 0.6 is 0 Å². The second-order valence-corrected chi connectivity index (χ2v) is 13.2. The Hall–Kier alpha value is -1.86. The van der Waals surface area contributed by atoms with Crippen LogP contribution in [0.1, 0.15) is 48.0 Å². The van der Waals surface area contributed by atoms with Gasteiger partial charge in [-0.1, -0.05) is 101 Å². The zero-order chi connectivity index (χ0) is 21.5. The van der Waals surface area contributed by atoms with Gasteiger partial charge in [0.15, 0.2) is 0 Å². The fourth-order valence-corrected chi connectivity index (χ4v) is 8.63. The van der Waals surface area contributed by atoms with Crippen LogP contribution in [0, 0.1) is 23.7 Å². The Morgan fingerprint density at radius 2 is 1.41 bits per heavy atom. The molecule has 29 heavy (non-hydrogen) atoms. The standard InChI is InChI=1S/C26H36O2Si/c1-7-8-15-21(2)25(27)22(3)20-28-29(26(4,5)6,23-16-11-9-12-17-23)24-18-13-10-14-19-24/h9-14,16-19,21-22,25,27H,7,20H2,1-6H3/t21-,22-,25+/m1/s1. The molecule has 0 aliphatic carbocycles. The predicted octanol–water partition coefficient (Wildman–Crippen LogP) is 4.61. The smallest absolute Gasteiger partial charge is 0.261 e. The van der Waals surface area contributed by atoms with Gasteiger partial charge in [-0.15, -0.1) is 5.92 Å². The second-order valence-electron chi connectivity index (χ2n) is 8.91. The third-order valence-electron chi connectivity index (χ3n) is 5.58. The lowest BCUT2D eigenvalue weighted by Crippen LogP contribution is -2.67. The maximum atomic E-state index is 10.8. The molecule has 0 unspecified atom stereocenters. The molecule has 0 heterocycles. The summed E-state index contributed by atoms with van der Waals surface area (Å²) in [5.74, 6) is 6.19. The van der Waals surface area contributed by atoms with Crippen LogP contribution in [0.25, 0.3) is 0 Å². The Kier molecular flexibility index (Phi) is 8.28. The monoisotopic (exact) mass is 408 g/mol. The van der Waals surface area contributed by atoms with E-state index in [1.54, 1.807) is 0 Å². The van der Waals surface area contributed by atoms with Gasteiger partial charge in [-0.3, -0.25) is 0 Å². The lowest BCUT2D eigenvalue weighted by Gasteiger charge is -2.44. The third kappa shape index (κ3) is 5.39. The lowest BCUT2D eigenvalue weighted by molar-refractivity contribution is 0.0576. The minimum atomic E-state index is -2.57. The molecule has 0 bridgehead atoms. The van der Waals surface area contributed by atoms with Crippen LogP contribution in [0.3, 0.4) is 0 Å². The number of benzene rings is 2. The van der Waals surface area contributed by atoms with Gasteiger partial charge in [-0.05, 0) is 22.3 Å². The SMILES string of the molecule is CCC#C[C@@H](C)[C@H](O)[C@H](C)CO[Si](c1ccccc1)(c1ccccc1)C(C)(C)C. The molecular weight excluding hydrogens is 372 g/mol. The highest BCUT2D eigenvalue weighted by Gasteiger charge is 2.50. The largest absolute Gasteiger partial charge is 0.407 e. The maximum absolute atomic E-state index is 10.8. The average Bonchev–Trinajstić information content (AvgIpc) is 2.72. The lowest BCUT2D eigenvalue weighted by atomic mass is 9.94. The molecule has 3 heteroatoms. The van der Waals surface area contributed by atoms with Crippen molar-refractivity contribution in [1.29, 1.82) is 0 Å². The van der Waals surface area contributed by atoms with Gasteiger partial charge in [0.1, 0.15) is 0 Å². The molecular formula is C26H36O2Si. The van der Waals surface area contributed by atoms with Crippen LogP contribution in [0.5, 0.6) is 0 Å². The summed E-state index contributed by atoms with van der Waals surface area (Å²) in [5, 5.41) is 13.3. The number of rotatable bonds is 7. The van der Waals surface area contributed by atoms with Gasteiger partial charge in [0.25, 0.3) is 8.32 Å². The van der Waals surface area contributed by atoms with E-state index in [1.165, 1.54) is 10.4 Å². The van der Waals surface area contributed by atoms with Gasteiger partial charge in [0, 0.05) is 24.9 Å². The summed E-state index contributed by atoms with van der Waals surface area (Å²) in [6.07, 6.45) is 0.302. The van der Waals surface area contributed by atoms with Crippen molar-refractivity contribution in [3.63, 3.8) is 0 Å². The molecule has 0 saturated heterocycles. The van der Waals surface area contributed by atoms with Gasteiger partial charge < -0.3 is 9.53 Å². The highest BCUT2D eigenvalue weighted by atomic mass is 28.4. The normalized spacial score (nSPS) is 15.1. The molecule has 2 nitrogen and oxygen atoms in total. The van der Waals surface area contributed by atoms with Crippen LogP contribution < -0.4 is 10.4 Å². The van der Waals surface area contributed by atoms with Crippen molar-refractivity contribution in [2.24, 2.45) is 11.8 Å². The van der Waals surface area contributed by atoms with Gasteiger partial charge in [-0.25, -0.2) is 0 Å². The zero-order valence-corrected chi connectivity index (χ0v) is 19.8. The molecule has 2 rings (SSSR count). The number of hydrogen-bond acceptors (Lipinski definition) is 2.